The summed E-state index contributed by atoms with van der Waals surface area (Å²) >= 11 is 3.25. The van der Waals surface area contributed by atoms with Gasteiger partial charge in [-0.05, 0) is 35.0 Å². The molecule has 0 aliphatic carbocycles. The third-order valence-corrected chi connectivity index (χ3v) is 4.41. The Bertz CT molecular complexity index is 706. The number of sulfonamides is 1. The van der Waals surface area contributed by atoms with E-state index in [1.807, 2.05) is 6.92 Å². The first-order chi connectivity index (χ1) is 9.53. The highest BCUT2D eigenvalue weighted by molar-refractivity contribution is 9.10. The Morgan fingerprint density at radius 3 is 2.80 bits per heavy atom. The van der Waals surface area contributed by atoms with Crippen LogP contribution in [0.2, 0.25) is 0 Å². The van der Waals surface area contributed by atoms with Crippen molar-refractivity contribution in [3.05, 3.63) is 41.3 Å². The van der Waals surface area contributed by atoms with Crippen LogP contribution in [-0.2, 0) is 10.0 Å². The second kappa shape index (κ2) is 6.19. The fourth-order valence-electron chi connectivity index (χ4n) is 1.52. The van der Waals surface area contributed by atoms with Crippen LogP contribution in [0, 0.1) is 0 Å². The quantitative estimate of drug-likeness (QED) is 0.859. The molecule has 0 unspecified atom stereocenters. The Labute approximate surface area is 125 Å². The molecule has 0 saturated carbocycles. The van der Waals surface area contributed by atoms with Crippen molar-refractivity contribution in [2.45, 2.75) is 11.8 Å². The van der Waals surface area contributed by atoms with Gasteiger partial charge in [-0.15, -0.1) is 0 Å². The summed E-state index contributed by atoms with van der Waals surface area (Å²) in [5.41, 5.74) is 0.432. The van der Waals surface area contributed by atoms with E-state index in [0.29, 0.717) is 22.5 Å². The summed E-state index contributed by atoms with van der Waals surface area (Å²) in [6.07, 6.45) is 4.49. The van der Waals surface area contributed by atoms with Gasteiger partial charge in [-0.25, -0.2) is 13.4 Å². The summed E-state index contributed by atoms with van der Waals surface area (Å²) in [6, 6.07) is 4.51. The van der Waals surface area contributed by atoms with Crippen molar-refractivity contribution >= 4 is 37.5 Å². The Morgan fingerprint density at radius 1 is 1.30 bits per heavy atom. The van der Waals surface area contributed by atoms with Crippen LogP contribution in [0.1, 0.15) is 6.92 Å². The van der Waals surface area contributed by atoms with Crippen LogP contribution < -0.4 is 10.0 Å². The van der Waals surface area contributed by atoms with E-state index in [9.17, 15) is 8.42 Å². The lowest BCUT2D eigenvalue weighted by Gasteiger charge is -2.10. The van der Waals surface area contributed by atoms with Crippen molar-refractivity contribution < 1.29 is 8.42 Å². The summed E-state index contributed by atoms with van der Waals surface area (Å²) in [4.78, 5) is 8.07. The minimum Gasteiger partial charge on any atom is -0.370 e. The fourth-order valence-corrected chi connectivity index (χ4v) is 3.09. The minimum atomic E-state index is -3.66. The highest BCUT2D eigenvalue weighted by Gasteiger charge is 2.16. The molecule has 2 aromatic rings. The second-order valence-electron chi connectivity index (χ2n) is 3.87. The zero-order chi connectivity index (χ0) is 14.6. The molecule has 0 saturated heterocycles. The first-order valence-corrected chi connectivity index (χ1v) is 8.13. The molecule has 0 fully saturated rings. The van der Waals surface area contributed by atoms with Gasteiger partial charge in [-0.3, -0.25) is 9.71 Å². The van der Waals surface area contributed by atoms with Gasteiger partial charge in [0.2, 0.25) is 0 Å². The van der Waals surface area contributed by atoms with E-state index in [2.05, 4.69) is 35.9 Å². The number of nitrogens with one attached hydrogen (secondary N) is 2. The largest absolute Gasteiger partial charge is 0.370 e. The molecule has 2 N–H and O–H groups in total. The van der Waals surface area contributed by atoms with Crippen LogP contribution in [0.4, 0.5) is 11.5 Å². The summed E-state index contributed by atoms with van der Waals surface area (Å²) in [7, 11) is -3.66. The zero-order valence-corrected chi connectivity index (χ0v) is 13.1. The van der Waals surface area contributed by atoms with Gasteiger partial charge < -0.3 is 5.32 Å². The molecule has 20 heavy (non-hydrogen) atoms. The van der Waals surface area contributed by atoms with E-state index >= 15 is 0 Å². The monoisotopic (exact) mass is 356 g/mol. The number of aromatic nitrogens is 2. The van der Waals surface area contributed by atoms with E-state index in [-0.39, 0.29) is 4.90 Å². The smallest absolute Gasteiger partial charge is 0.262 e. The summed E-state index contributed by atoms with van der Waals surface area (Å²) in [5.74, 6) is 0.518. The zero-order valence-electron chi connectivity index (χ0n) is 10.7. The average Bonchev–Trinajstić information content (AvgIpc) is 2.42. The lowest BCUT2D eigenvalue weighted by Crippen LogP contribution is -2.14. The fraction of sp³-hybridized carbons (Fsp3) is 0.167. The van der Waals surface area contributed by atoms with Crippen molar-refractivity contribution in [2.75, 3.05) is 16.6 Å². The van der Waals surface area contributed by atoms with Crippen LogP contribution in [0.15, 0.2) is 46.2 Å². The first-order valence-electron chi connectivity index (χ1n) is 5.85. The number of hydrogen-bond acceptors (Lipinski definition) is 5. The van der Waals surface area contributed by atoms with Crippen molar-refractivity contribution in [3.8, 4) is 0 Å². The molecule has 2 aromatic heterocycles. The third kappa shape index (κ3) is 3.45. The molecule has 0 aliphatic rings. The Morgan fingerprint density at radius 2 is 2.10 bits per heavy atom. The number of halogens is 1. The van der Waals surface area contributed by atoms with Crippen LogP contribution in [0.5, 0.6) is 0 Å². The maximum atomic E-state index is 12.3. The molecule has 2 heterocycles. The molecule has 0 aromatic carbocycles. The number of pyridine rings is 2. The van der Waals surface area contributed by atoms with Crippen LogP contribution in [0.25, 0.3) is 0 Å². The standard InChI is InChI=1S/C12H13BrN4O2S/c1-2-15-12-7-9(3-6-16-12)20(18,19)17-11-4-5-14-8-10(11)13/h3-8H,2H2,1H3,(H,14,17)(H,15,16). The molecule has 2 rings (SSSR count). The second-order valence-corrected chi connectivity index (χ2v) is 6.40. The van der Waals surface area contributed by atoms with E-state index in [1.165, 1.54) is 30.7 Å². The molecular weight excluding hydrogens is 344 g/mol. The molecule has 0 bridgehead atoms. The molecule has 0 atom stereocenters. The number of anilines is 2. The van der Waals surface area contributed by atoms with E-state index < -0.39 is 10.0 Å². The predicted octanol–water partition coefficient (Wildman–Crippen LogP) is 2.47. The molecule has 0 amide bonds. The van der Waals surface area contributed by atoms with Crippen LogP contribution in [0.3, 0.4) is 0 Å². The highest BCUT2D eigenvalue weighted by atomic mass is 79.9. The highest BCUT2D eigenvalue weighted by Crippen LogP contribution is 2.24. The van der Waals surface area contributed by atoms with E-state index in [0.717, 1.165) is 0 Å². The number of hydrogen-bond donors (Lipinski definition) is 2. The van der Waals surface area contributed by atoms with Crippen molar-refractivity contribution in [1.82, 2.24) is 9.97 Å². The van der Waals surface area contributed by atoms with Gasteiger partial charge in [0.1, 0.15) is 5.82 Å². The number of rotatable bonds is 5. The SMILES string of the molecule is CCNc1cc(S(=O)(=O)Nc2ccncc2Br)ccn1. The van der Waals surface area contributed by atoms with Crippen LogP contribution in [-0.4, -0.2) is 24.9 Å². The van der Waals surface area contributed by atoms with Crippen molar-refractivity contribution in [2.24, 2.45) is 0 Å². The molecule has 8 heteroatoms. The lowest BCUT2D eigenvalue weighted by atomic mass is 10.4. The topological polar surface area (TPSA) is 84.0 Å². The molecule has 0 aliphatic heterocycles. The summed E-state index contributed by atoms with van der Waals surface area (Å²) in [5, 5.41) is 2.97. The molecule has 0 spiro atoms. The Balaban J connectivity index is 2.31. The summed E-state index contributed by atoms with van der Waals surface area (Å²) in [6.45, 7) is 2.58. The number of nitrogens with zero attached hydrogens (tertiary/aromatic N) is 2. The minimum absolute atomic E-state index is 0.146. The van der Waals surface area contributed by atoms with Gasteiger partial charge in [0.25, 0.3) is 10.0 Å². The van der Waals surface area contributed by atoms with Gasteiger partial charge in [-0.1, -0.05) is 0 Å². The van der Waals surface area contributed by atoms with Crippen molar-refractivity contribution in [3.63, 3.8) is 0 Å². The molecule has 0 radical (unpaired) electrons. The lowest BCUT2D eigenvalue weighted by molar-refractivity contribution is 0.601. The van der Waals surface area contributed by atoms with Gasteiger partial charge in [0.15, 0.2) is 0 Å². The maximum absolute atomic E-state index is 12.3. The van der Waals surface area contributed by atoms with Crippen LogP contribution >= 0.6 is 15.9 Å². The van der Waals surface area contributed by atoms with Gasteiger partial charge >= 0.3 is 0 Å². The van der Waals surface area contributed by atoms with Crippen molar-refractivity contribution in [1.29, 1.82) is 0 Å². The average molecular weight is 357 g/mol. The molecule has 6 nitrogen and oxygen atoms in total. The maximum Gasteiger partial charge on any atom is 0.262 e. The summed E-state index contributed by atoms with van der Waals surface area (Å²) < 4.78 is 27.7. The van der Waals surface area contributed by atoms with Gasteiger partial charge in [-0.2, -0.15) is 0 Å². The van der Waals surface area contributed by atoms with E-state index in [4.69, 9.17) is 0 Å². The molecule has 106 valence electrons. The van der Waals surface area contributed by atoms with E-state index in [1.54, 1.807) is 6.07 Å². The van der Waals surface area contributed by atoms with Gasteiger partial charge in [0.05, 0.1) is 15.1 Å². The normalized spacial score (nSPS) is 11.1. The first kappa shape index (κ1) is 14.7. The predicted molar refractivity (Wildman–Crippen MR) is 81.1 cm³/mol. The Hall–Kier alpha value is -1.67. The van der Waals surface area contributed by atoms with Gasteiger partial charge in [0, 0.05) is 31.2 Å². The Kier molecular flexibility index (Phi) is 4.56. The third-order valence-electron chi connectivity index (χ3n) is 2.42. The molecular formula is C12H13BrN4O2S.